The van der Waals surface area contributed by atoms with Crippen molar-refractivity contribution in [2.45, 2.75) is 28.3 Å². The molecular formula is C23H20N2S2. The van der Waals surface area contributed by atoms with Crippen LogP contribution in [-0.4, -0.2) is 20.6 Å². The molecule has 0 bridgehead atoms. The topological polar surface area (TPSA) is 17.8 Å². The highest BCUT2D eigenvalue weighted by atomic mass is 32.2. The summed E-state index contributed by atoms with van der Waals surface area (Å²) in [6, 6.07) is 28.5. The minimum Gasteiger partial charge on any atom is -0.310 e. The standard InChI is InChI=1S/C23H20N2S2/c1-16-11-13-18(14-12-16)27-21-15-26-23-24-19-9-5-6-10-20(19)25(23)22(21)17-7-3-2-4-8-17/h2-14,21-22H,15H2,1H3/t21-,22+/m0/s1. The lowest BCUT2D eigenvalue weighted by Gasteiger charge is -2.33. The summed E-state index contributed by atoms with van der Waals surface area (Å²) in [6.07, 6.45) is 0. The van der Waals surface area contributed by atoms with Gasteiger partial charge in [-0.1, -0.05) is 71.9 Å². The number of rotatable bonds is 3. The molecule has 4 heteroatoms. The maximum absolute atomic E-state index is 4.90. The Morgan fingerprint density at radius 3 is 2.48 bits per heavy atom. The van der Waals surface area contributed by atoms with Gasteiger partial charge in [0.2, 0.25) is 0 Å². The van der Waals surface area contributed by atoms with Gasteiger partial charge in [-0.15, -0.1) is 11.8 Å². The van der Waals surface area contributed by atoms with E-state index in [2.05, 4.69) is 90.4 Å². The number of hydrogen-bond acceptors (Lipinski definition) is 3. The monoisotopic (exact) mass is 388 g/mol. The third kappa shape index (κ3) is 3.17. The van der Waals surface area contributed by atoms with E-state index in [1.54, 1.807) is 0 Å². The summed E-state index contributed by atoms with van der Waals surface area (Å²) in [4.78, 5) is 6.23. The van der Waals surface area contributed by atoms with Crippen LogP contribution in [-0.2, 0) is 0 Å². The van der Waals surface area contributed by atoms with Crippen LogP contribution in [0.3, 0.4) is 0 Å². The van der Waals surface area contributed by atoms with Crippen LogP contribution in [0.15, 0.2) is 88.9 Å². The number of thioether (sulfide) groups is 2. The first-order valence-corrected chi connectivity index (χ1v) is 11.0. The molecule has 3 aromatic carbocycles. The molecule has 0 fully saturated rings. The fourth-order valence-corrected chi connectivity index (χ4v) is 6.25. The molecule has 0 aliphatic carbocycles. The first-order valence-electron chi connectivity index (χ1n) is 9.17. The Morgan fingerprint density at radius 2 is 1.67 bits per heavy atom. The number of benzene rings is 3. The summed E-state index contributed by atoms with van der Waals surface area (Å²) in [5.41, 5.74) is 4.97. The van der Waals surface area contributed by atoms with Crippen molar-refractivity contribution in [2.24, 2.45) is 0 Å². The number of para-hydroxylation sites is 2. The summed E-state index contributed by atoms with van der Waals surface area (Å²) in [6.45, 7) is 2.14. The van der Waals surface area contributed by atoms with Crippen molar-refractivity contribution >= 4 is 34.6 Å². The highest BCUT2D eigenvalue weighted by Crippen LogP contribution is 2.45. The van der Waals surface area contributed by atoms with Gasteiger partial charge in [0.25, 0.3) is 0 Å². The fourth-order valence-electron chi connectivity index (χ4n) is 3.71. The lowest BCUT2D eigenvalue weighted by Crippen LogP contribution is -2.29. The van der Waals surface area contributed by atoms with Crippen LogP contribution in [0.25, 0.3) is 11.0 Å². The first-order chi connectivity index (χ1) is 13.3. The van der Waals surface area contributed by atoms with Crippen molar-refractivity contribution in [1.29, 1.82) is 0 Å². The summed E-state index contributed by atoms with van der Waals surface area (Å²) in [5, 5.41) is 1.58. The lowest BCUT2D eigenvalue weighted by molar-refractivity contribution is 0.539. The van der Waals surface area contributed by atoms with Crippen molar-refractivity contribution < 1.29 is 0 Å². The van der Waals surface area contributed by atoms with Gasteiger partial charge < -0.3 is 4.57 Å². The Hall–Kier alpha value is -2.17. The Kier molecular flexibility index (Phi) is 4.46. The van der Waals surface area contributed by atoms with Gasteiger partial charge in [-0.2, -0.15) is 0 Å². The predicted molar refractivity (Wildman–Crippen MR) is 116 cm³/mol. The Labute approximate surface area is 168 Å². The first kappa shape index (κ1) is 17.0. The molecule has 0 radical (unpaired) electrons. The molecule has 0 amide bonds. The van der Waals surface area contributed by atoms with Crippen molar-refractivity contribution in [1.82, 2.24) is 9.55 Å². The number of fused-ring (bicyclic) bond motifs is 3. The summed E-state index contributed by atoms with van der Waals surface area (Å²) >= 11 is 3.86. The quantitative estimate of drug-likeness (QED) is 0.416. The number of aromatic nitrogens is 2. The fraction of sp³-hybridized carbons (Fsp3) is 0.174. The highest BCUT2D eigenvalue weighted by Gasteiger charge is 2.34. The van der Waals surface area contributed by atoms with Gasteiger partial charge in [0.1, 0.15) is 0 Å². The van der Waals surface area contributed by atoms with E-state index in [0.717, 1.165) is 16.4 Å². The van der Waals surface area contributed by atoms with Crippen molar-refractivity contribution in [3.8, 4) is 0 Å². The average molecular weight is 389 g/mol. The second-order valence-electron chi connectivity index (χ2n) is 6.89. The zero-order chi connectivity index (χ0) is 18.2. The van der Waals surface area contributed by atoms with Crippen molar-refractivity contribution in [2.75, 3.05) is 5.75 Å². The molecular weight excluding hydrogens is 368 g/mol. The van der Waals surface area contributed by atoms with E-state index < -0.39 is 0 Å². The van der Waals surface area contributed by atoms with E-state index in [-0.39, 0.29) is 6.04 Å². The number of nitrogens with zero attached hydrogens (tertiary/aromatic N) is 2. The molecule has 0 N–H and O–H groups in total. The largest absolute Gasteiger partial charge is 0.310 e. The van der Waals surface area contributed by atoms with Gasteiger partial charge in [-0.3, -0.25) is 0 Å². The molecule has 0 saturated carbocycles. The van der Waals surface area contributed by atoms with Crippen molar-refractivity contribution in [3.05, 3.63) is 90.0 Å². The van der Waals surface area contributed by atoms with E-state index in [9.17, 15) is 0 Å². The maximum Gasteiger partial charge on any atom is 0.169 e. The molecule has 0 spiro atoms. The second-order valence-corrected chi connectivity index (χ2v) is 9.19. The van der Waals surface area contributed by atoms with Crippen LogP contribution in [0.4, 0.5) is 0 Å². The molecule has 1 aromatic heterocycles. The van der Waals surface area contributed by atoms with Gasteiger partial charge >= 0.3 is 0 Å². The van der Waals surface area contributed by atoms with Crippen LogP contribution in [0.1, 0.15) is 17.2 Å². The van der Waals surface area contributed by atoms with Gasteiger partial charge in [0, 0.05) is 15.9 Å². The Bertz CT molecular complexity index is 1070. The van der Waals surface area contributed by atoms with Crippen molar-refractivity contribution in [3.63, 3.8) is 0 Å². The van der Waals surface area contributed by atoms with Gasteiger partial charge in [0.05, 0.1) is 17.1 Å². The molecule has 2 heterocycles. The molecule has 2 atom stereocenters. The molecule has 4 aromatic rings. The number of hydrogen-bond donors (Lipinski definition) is 0. The van der Waals surface area contributed by atoms with Crippen LogP contribution in [0, 0.1) is 6.92 Å². The molecule has 1 aliphatic rings. The summed E-state index contributed by atoms with van der Waals surface area (Å²) in [5.74, 6) is 1.06. The zero-order valence-electron chi connectivity index (χ0n) is 15.1. The molecule has 27 heavy (non-hydrogen) atoms. The lowest BCUT2D eigenvalue weighted by atomic mass is 10.0. The Morgan fingerprint density at radius 1 is 0.926 bits per heavy atom. The highest BCUT2D eigenvalue weighted by molar-refractivity contribution is 8.03. The molecule has 5 rings (SSSR count). The molecule has 134 valence electrons. The zero-order valence-corrected chi connectivity index (χ0v) is 16.7. The summed E-state index contributed by atoms with van der Waals surface area (Å²) < 4.78 is 2.45. The van der Waals surface area contributed by atoms with Crippen LogP contribution in [0.2, 0.25) is 0 Å². The molecule has 2 nitrogen and oxygen atoms in total. The van der Waals surface area contributed by atoms with E-state index >= 15 is 0 Å². The molecule has 1 aliphatic heterocycles. The van der Waals surface area contributed by atoms with Crippen LogP contribution in [0.5, 0.6) is 0 Å². The third-order valence-corrected chi connectivity index (χ3v) is 7.57. The number of aryl methyl sites for hydroxylation is 1. The third-order valence-electron chi connectivity index (χ3n) is 5.02. The van der Waals surface area contributed by atoms with E-state index in [1.807, 2.05) is 23.5 Å². The second kappa shape index (κ2) is 7.10. The minimum atomic E-state index is 0.279. The van der Waals surface area contributed by atoms with E-state index in [1.165, 1.54) is 21.5 Å². The van der Waals surface area contributed by atoms with E-state index in [0.29, 0.717) is 5.25 Å². The minimum absolute atomic E-state index is 0.279. The average Bonchev–Trinajstić information content (AvgIpc) is 3.09. The number of imidazole rings is 1. The molecule has 0 unspecified atom stereocenters. The van der Waals surface area contributed by atoms with Crippen LogP contribution < -0.4 is 0 Å². The summed E-state index contributed by atoms with van der Waals surface area (Å²) in [7, 11) is 0. The SMILES string of the molecule is Cc1ccc(S[C@H]2CSc3nc4ccccc4n3[C@@H]2c2ccccc2)cc1. The normalized spacial score (nSPS) is 19.1. The van der Waals surface area contributed by atoms with E-state index in [4.69, 9.17) is 4.98 Å². The maximum atomic E-state index is 4.90. The predicted octanol–water partition coefficient (Wildman–Crippen LogP) is 6.20. The van der Waals surface area contributed by atoms with Gasteiger partial charge in [0.15, 0.2) is 5.16 Å². The Balaban J connectivity index is 1.62. The van der Waals surface area contributed by atoms with Gasteiger partial charge in [-0.25, -0.2) is 4.98 Å². The molecule has 0 saturated heterocycles. The van der Waals surface area contributed by atoms with Gasteiger partial charge in [-0.05, 0) is 36.8 Å². The smallest absolute Gasteiger partial charge is 0.169 e. The van der Waals surface area contributed by atoms with Crippen LogP contribution >= 0.6 is 23.5 Å².